The van der Waals surface area contributed by atoms with Crippen molar-refractivity contribution in [2.45, 2.75) is 38.3 Å². The second kappa shape index (κ2) is 7.62. The minimum Gasteiger partial charge on any atom is -0.494 e. The number of rotatable bonds is 7. The zero-order valence-corrected chi connectivity index (χ0v) is 12.2. The molecule has 4 heteroatoms. The topological polar surface area (TPSA) is 67.5 Å². The first-order chi connectivity index (χ1) is 9.80. The van der Waals surface area contributed by atoms with Crippen molar-refractivity contribution in [1.82, 2.24) is 5.32 Å². The second-order valence-corrected chi connectivity index (χ2v) is 5.41. The molecule has 0 aromatic heterocycles. The number of nitrogens with two attached hydrogens (primary N) is 1. The summed E-state index contributed by atoms with van der Waals surface area (Å²) in [5.41, 5.74) is 7.07. The molecule has 1 aliphatic rings. The molecule has 20 heavy (non-hydrogen) atoms. The molecule has 0 aliphatic heterocycles. The van der Waals surface area contributed by atoms with Crippen LogP contribution in [0.5, 0.6) is 5.75 Å². The number of hydrogen-bond acceptors (Lipinski definition) is 4. The van der Waals surface area contributed by atoms with Crippen LogP contribution in [0.3, 0.4) is 0 Å². The molecule has 1 aliphatic carbocycles. The molecular formula is C16H26N2O2. The van der Waals surface area contributed by atoms with Crippen molar-refractivity contribution < 1.29 is 9.84 Å². The molecule has 0 bridgehead atoms. The third-order valence-electron chi connectivity index (χ3n) is 4.14. The predicted octanol–water partition coefficient (Wildman–Crippen LogP) is 1.84. The fourth-order valence-electron chi connectivity index (χ4n) is 3.07. The van der Waals surface area contributed by atoms with Gasteiger partial charge in [0.2, 0.25) is 0 Å². The van der Waals surface area contributed by atoms with E-state index in [9.17, 15) is 5.11 Å². The Bertz CT molecular complexity index is 411. The number of hydrogen-bond donors (Lipinski definition) is 3. The van der Waals surface area contributed by atoms with Crippen molar-refractivity contribution in [3.05, 3.63) is 29.8 Å². The highest BCUT2D eigenvalue weighted by molar-refractivity contribution is 5.36. The maximum atomic E-state index is 9.44. The number of ether oxygens (including phenoxy) is 1. The summed E-state index contributed by atoms with van der Waals surface area (Å²) in [5.74, 6) is 1.25. The molecule has 0 heterocycles. The number of aliphatic hydroxyl groups is 1. The molecule has 2 rings (SSSR count). The highest BCUT2D eigenvalue weighted by Gasteiger charge is 2.29. The van der Waals surface area contributed by atoms with E-state index in [2.05, 4.69) is 11.4 Å². The largest absolute Gasteiger partial charge is 0.494 e. The van der Waals surface area contributed by atoms with Crippen LogP contribution < -0.4 is 15.8 Å². The Morgan fingerprint density at radius 3 is 2.90 bits per heavy atom. The van der Waals surface area contributed by atoms with Crippen LogP contribution in [0.4, 0.5) is 0 Å². The minimum atomic E-state index is 0.0786. The van der Waals surface area contributed by atoms with Crippen LogP contribution in [-0.2, 0) is 0 Å². The summed E-state index contributed by atoms with van der Waals surface area (Å²) in [6.45, 7) is 3.41. The third kappa shape index (κ3) is 3.51. The monoisotopic (exact) mass is 278 g/mol. The molecule has 4 nitrogen and oxygen atoms in total. The van der Waals surface area contributed by atoms with Crippen molar-refractivity contribution in [1.29, 1.82) is 0 Å². The van der Waals surface area contributed by atoms with Crippen LogP contribution >= 0.6 is 0 Å². The van der Waals surface area contributed by atoms with Gasteiger partial charge in [0, 0.05) is 30.8 Å². The van der Waals surface area contributed by atoms with Gasteiger partial charge in [-0.2, -0.15) is 0 Å². The molecule has 1 saturated carbocycles. The Labute approximate surface area is 121 Å². The first-order valence-electron chi connectivity index (χ1n) is 7.58. The van der Waals surface area contributed by atoms with Crippen molar-refractivity contribution in [2.75, 3.05) is 19.8 Å². The van der Waals surface area contributed by atoms with Gasteiger partial charge in [-0.3, -0.25) is 0 Å². The summed E-state index contributed by atoms with van der Waals surface area (Å²) in [7, 11) is 0. The smallest absolute Gasteiger partial charge is 0.124 e. The summed E-state index contributed by atoms with van der Waals surface area (Å²) in [6.07, 6.45) is 3.38. The maximum Gasteiger partial charge on any atom is 0.124 e. The van der Waals surface area contributed by atoms with Gasteiger partial charge in [0.05, 0.1) is 6.61 Å². The van der Waals surface area contributed by atoms with Gasteiger partial charge >= 0.3 is 0 Å². The zero-order chi connectivity index (χ0) is 14.4. The van der Waals surface area contributed by atoms with Gasteiger partial charge in [-0.15, -0.1) is 0 Å². The van der Waals surface area contributed by atoms with Gasteiger partial charge < -0.3 is 20.9 Å². The van der Waals surface area contributed by atoms with Crippen molar-refractivity contribution >= 4 is 0 Å². The van der Waals surface area contributed by atoms with Crippen LogP contribution in [0, 0.1) is 5.92 Å². The Morgan fingerprint density at radius 2 is 2.20 bits per heavy atom. The van der Waals surface area contributed by atoms with Crippen molar-refractivity contribution in [3.8, 4) is 5.75 Å². The normalized spacial score (nSPS) is 23.8. The number of aliphatic hydroxyl groups excluding tert-OH is 1. The van der Waals surface area contributed by atoms with E-state index in [-0.39, 0.29) is 12.6 Å². The average molecular weight is 278 g/mol. The predicted molar refractivity (Wildman–Crippen MR) is 80.8 cm³/mol. The van der Waals surface area contributed by atoms with Crippen LogP contribution in [-0.4, -0.2) is 30.9 Å². The maximum absolute atomic E-state index is 9.44. The molecule has 3 atom stereocenters. The molecule has 0 radical (unpaired) electrons. The summed E-state index contributed by atoms with van der Waals surface area (Å²) in [4.78, 5) is 0. The fraction of sp³-hybridized carbons (Fsp3) is 0.625. The summed E-state index contributed by atoms with van der Waals surface area (Å²) >= 11 is 0. The van der Waals surface area contributed by atoms with Gasteiger partial charge in [0.1, 0.15) is 5.75 Å². The molecule has 112 valence electrons. The van der Waals surface area contributed by atoms with E-state index in [0.717, 1.165) is 24.2 Å². The minimum absolute atomic E-state index is 0.0786. The van der Waals surface area contributed by atoms with Crippen LogP contribution in [0.2, 0.25) is 0 Å². The first kappa shape index (κ1) is 15.3. The van der Waals surface area contributed by atoms with Crippen molar-refractivity contribution in [2.24, 2.45) is 11.7 Å². The van der Waals surface area contributed by atoms with Gasteiger partial charge in [-0.1, -0.05) is 24.6 Å². The lowest BCUT2D eigenvalue weighted by Crippen LogP contribution is -2.40. The Kier molecular flexibility index (Phi) is 5.83. The van der Waals surface area contributed by atoms with Gasteiger partial charge in [-0.25, -0.2) is 0 Å². The van der Waals surface area contributed by atoms with E-state index in [4.69, 9.17) is 10.5 Å². The number of nitrogens with one attached hydrogen (secondary N) is 1. The van der Waals surface area contributed by atoms with Gasteiger partial charge in [-0.05, 0) is 31.7 Å². The van der Waals surface area contributed by atoms with E-state index in [1.807, 2.05) is 25.1 Å². The molecule has 0 saturated heterocycles. The number of para-hydroxylation sites is 1. The molecule has 1 aromatic rings. The lowest BCUT2D eigenvalue weighted by molar-refractivity contribution is 0.199. The lowest BCUT2D eigenvalue weighted by Gasteiger charge is -2.27. The fourth-order valence-corrected chi connectivity index (χ4v) is 3.07. The van der Waals surface area contributed by atoms with E-state index in [1.165, 1.54) is 6.42 Å². The highest BCUT2D eigenvalue weighted by atomic mass is 16.5. The molecule has 4 N–H and O–H groups in total. The SMILES string of the molecule is CCOc1ccccc1C(CN)NC1CCCC1CO. The Balaban J connectivity index is 2.11. The van der Waals surface area contributed by atoms with E-state index < -0.39 is 0 Å². The van der Waals surface area contributed by atoms with Crippen LogP contribution in [0.25, 0.3) is 0 Å². The molecule has 0 amide bonds. The van der Waals surface area contributed by atoms with Crippen LogP contribution in [0.15, 0.2) is 24.3 Å². The van der Waals surface area contributed by atoms with E-state index >= 15 is 0 Å². The molecule has 1 aromatic carbocycles. The van der Waals surface area contributed by atoms with Gasteiger partial charge in [0.15, 0.2) is 0 Å². The van der Waals surface area contributed by atoms with Crippen LogP contribution in [0.1, 0.15) is 37.8 Å². The average Bonchev–Trinajstić information content (AvgIpc) is 2.93. The summed E-state index contributed by atoms with van der Waals surface area (Å²) in [5, 5.41) is 13.1. The molecule has 3 unspecified atom stereocenters. The Morgan fingerprint density at radius 1 is 1.40 bits per heavy atom. The Hall–Kier alpha value is -1.10. The van der Waals surface area contributed by atoms with E-state index in [0.29, 0.717) is 25.1 Å². The number of benzene rings is 1. The molecule has 0 spiro atoms. The first-order valence-corrected chi connectivity index (χ1v) is 7.58. The standard InChI is InChI=1S/C16H26N2O2/c1-2-20-16-9-4-3-7-13(16)15(10-17)18-14-8-5-6-12(14)11-19/h3-4,7,9,12,14-15,18-19H,2,5-6,8,10-11,17H2,1H3. The summed E-state index contributed by atoms with van der Waals surface area (Å²) < 4.78 is 5.69. The molecular weight excluding hydrogens is 252 g/mol. The highest BCUT2D eigenvalue weighted by Crippen LogP contribution is 2.30. The zero-order valence-electron chi connectivity index (χ0n) is 12.2. The lowest BCUT2D eigenvalue weighted by atomic mass is 10.0. The molecule has 1 fully saturated rings. The second-order valence-electron chi connectivity index (χ2n) is 5.41. The quantitative estimate of drug-likeness (QED) is 0.712. The summed E-state index contributed by atoms with van der Waals surface area (Å²) in [6, 6.07) is 8.48. The third-order valence-corrected chi connectivity index (χ3v) is 4.14. The van der Waals surface area contributed by atoms with Crippen molar-refractivity contribution in [3.63, 3.8) is 0 Å². The van der Waals surface area contributed by atoms with Gasteiger partial charge in [0.25, 0.3) is 0 Å². The van der Waals surface area contributed by atoms with E-state index in [1.54, 1.807) is 0 Å².